The normalized spacial score (nSPS) is 11.6. The fraction of sp³-hybridized carbons (Fsp3) is 0.0800. The number of para-hydroxylation sites is 1. The van der Waals surface area contributed by atoms with Crippen molar-refractivity contribution in [2.45, 2.75) is 6.54 Å². The van der Waals surface area contributed by atoms with Crippen molar-refractivity contribution in [1.29, 1.82) is 0 Å². The third-order valence-electron chi connectivity index (χ3n) is 5.49. The summed E-state index contributed by atoms with van der Waals surface area (Å²) in [7, 11) is 1.55. The highest BCUT2D eigenvalue weighted by atomic mass is 35.5. The summed E-state index contributed by atoms with van der Waals surface area (Å²) in [6.45, 7) is 0.575. The highest BCUT2D eigenvalue weighted by Crippen LogP contribution is 2.37. The first-order valence-electron chi connectivity index (χ1n) is 10.2. The molecule has 0 aliphatic carbocycles. The van der Waals surface area contributed by atoms with Crippen LogP contribution >= 0.6 is 11.6 Å². The first-order valence-corrected chi connectivity index (χ1v) is 10.6. The van der Waals surface area contributed by atoms with Crippen LogP contribution in [0.2, 0.25) is 5.02 Å². The van der Waals surface area contributed by atoms with Crippen LogP contribution in [0.1, 0.15) is 15.9 Å². The van der Waals surface area contributed by atoms with Gasteiger partial charge in [-0.15, -0.1) is 10.2 Å². The summed E-state index contributed by atoms with van der Waals surface area (Å²) in [5, 5.41) is 20.3. The number of H-pyrrole nitrogens is 1. The van der Waals surface area contributed by atoms with Crippen molar-refractivity contribution in [1.82, 2.24) is 9.55 Å². The van der Waals surface area contributed by atoms with Crippen molar-refractivity contribution < 1.29 is 14.6 Å². The molecule has 0 saturated heterocycles. The molecule has 0 spiro atoms. The second-order valence-corrected chi connectivity index (χ2v) is 7.99. The van der Waals surface area contributed by atoms with Crippen LogP contribution in [0.3, 0.4) is 0 Å². The molecule has 0 saturated carbocycles. The second kappa shape index (κ2) is 8.44. The Morgan fingerprint density at radius 2 is 1.88 bits per heavy atom. The lowest BCUT2D eigenvalue weighted by Gasteiger charge is -2.05. The number of rotatable bonds is 5. The maximum atomic E-state index is 13.0. The zero-order chi connectivity index (χ0) is 22.9. The largest absolute Gasteiger partial charge is 0.497 e. The summed E-state index contributed by atoms with van der Waals surface area (Å²) >= 11 is 6.00. The molecule has 0 atom stereocenters. The van der Waals surface area contributed by atoms with Crippen molar-refractivity contribution >= 4 is 45.0 Å². The van der Waals surface area contributed by atoms with E-state index in [9.17, 15) is 9.90 Å². The van der Waals surface area contributed by atoms with Crippen molar-refractivity contribution in [2.75, 3.05) is 7.11 Å². The number of amides is 1. The Bertz CT molecular complexity index is 1520. The molecular formula is C25H19ClN4O3. The molecule has 33 heavy (non-hydrogen) atoms. The maximum Gasteiger partial charge on any atom is 0.297 e. The smallest absolute Gasteiger partial charge is 0.297 e. The highest BCUT2D eigenvalue weighted by molar-refractivity contribution is 6.30. The minimum Gasteiger partial charge on any atom is -0.497 e. The molecule has 2 N–H and O–H groups in total. The molecule has 5 rings (SSSR count). The van der Waals surface area contributed by atoms with Gasteiger partial charge in [0.15, 0.2) is 5.69 Å². The van der Waals surface area contributed by atoms with Gasteiger partial charge < -0.3 is 19.4 Å². The molecule has 164 valence electrons. The molecule has 0 aliphatic heterocycles. The zero-order valence-corrected chi connectivity index (χ0v) is 18.4. The van der Waals surface area contributed by atoms with E-state index in [2.05, 4.69) is 15.2 Å². The van der Waals surface area contributed by atoms with Crippen LogP contribution in [-0.4, -0.2) is 27.7 Å². The van der Waals surface area contributed by atoms with E-state index >= 15 is 0 Å². The topological polar surface area (TPSA) is 92.0 Å². The monoisotopic (exact) mass is 458 g/mol. The van der Waals surface area contributed by atoms with Gasteiger partial charge in [-0.3, -0.25) is 4.79 Å². The van der Waals surface area contributed by atoms with E-state index in [1.54, 1.807) is 31.5 Å². The number of benzene rings is 3. The van der Waals surface area contributed by atoms with Gasteiger partial charge in [0, 0.05) is 34.1 Å². The average molecular weight is 459 g/mol. The summed E-state index contributed by atoms with van der Waals surface area (Å²) in [5.74, 6) is -0.0628. The van der Waals surface area contributed by atoms with Crippen LogP contribution in [0.4, 0.5) is 5.69 Å². The number of hydrogen-bond donors (Lipinski definition) is 2. The number of carbonyl (C=O) groups excluding carboxylic acids is 1. The fourth-order valence-corrected chi connectivity index (χ4v) is 3.98. The molecule has 0 fully saturated rings. The van der Waals surface area contributed by atoms with Gasteiger partial charge in [-0.1, -0.05) is 41.9 Å². The van der Waals surface area contributed by atoms with Crippen LogP contribution in [0, 0.1) is 0 Å². The fourth-order valence-electron chi connectivity index (χ4n) is 3.85. The van der Waals surface area contributed by atoms with Gasteiger partial charge in [-0.05, 0) is 42.0 Å². The van der Waals surface area contributed by atoms with E-state index < -0.39 is 5.91 Å². The van der Waals surface area contributed by atoms with Crippen LogP contribution in [0.15, 0.2) is 83.2 Å². The molecule has 3 aromatic carbocycles. The molecule has 0 radical (unpaired) electrons. The first kappa shape index (κ1) is 20.8. The molecule has 5 aromatic rings. The zero-order valence-electron chi connectivity index (χ0n) is 17.6. The Morgan fingerprint density at radius 1 is 1.09 bits per heavy atom. The molecule has 8 heteroatoms. The second-order valence-electron chi connectivity index (χ2n) is 7.55. The predicted molar refractivity (Wildman–Crippen MR) is 128 cm³/mol. The average Bonchev–Trinajstić information content (AvgIpc) is 3.35. The molecule has 7 nitrogen and oxygen atoms in total. The number of nitrogens with one attached hydrogen (secondary N) is 1. The van der Waals surface area contributed by atoms with Crippen LogP contribution < -0.4 is 4.74 Å². The van der Waals surface area contributed by atoms with Crippen LogP contribution in [0.5, 0.6) is 11.6 Å². The Morgan fingerprint density at radius 3 is 2.67 bits per heavy atom. The van der Waals surface area contributed by atoms with Gasteiger partial charge in [0.1, 0.15) is 5.75 Å². The first-order chi connectivity index (χ1) is 16.0. The standard InChI is InChI=1S/C25H19ClN4O3/c1-33-17-10-11-21-19(12-17)23(25(32)27-21)28-29-24(31)20-14-30(22-5-3-2-4-18(20)22)13-15-6-8-16(26)9-7-15/h2-12,14,27,32H,13H2,1H3. The van der Waals surface area contributed by atoms with Crippen molar-refractivity contribution in [3.8, 4) is 11.6 Å². The van der Waals surface area contributed by atoms with Crippen molar-refractivity contribution in [3.63, 3.8) is 0 Å². The summed E-state index contributed by atoms with van der Waals surface area (Å²) in [6.07, 6.45) is 1.78. The van der Waals surface area contributed by atoms with Crippen molar-refractivity contribution in [2.24, 2.45) is 10.2 Å². The number of nitrogens with zero attached hydrogens (tertiary/aromatic N) is 3. The number of aromatic nitrogens is 2. The molecule has 0 aliphatic rings. The summed E-state index contributed by atoms with van der Waals surface area (Å²) in [6, 6.07) is 20.5. The number of hydrogen-bond acceptors (Lipinski definition) is 4. The molecule has 2 aromatic heterocycles. The Labute approximate surface area is 193 Å². The van der Waals surface area contributed by atoms with Gasteiger partial charge in [-0.2, -0.15) is 0 Å². The molecule has 0 bridgehead atoms. The van der Waals surface area contributed by atoms with E-state index in [1.165, 1.54) is 0 Å². The van der Waals surface area contributed by atoms with Gasteiger partial charge in [0.05, 0.1) is 18.2 Å². The minimum absolute atomic E-state index is 0.167. The third kappa shape index (κ3) is 3.94. The lowest BCUT2D eigenvalue weighted by atomic mass is 10.2. The van der Waals surface area contributed by atoms with E-state index in [0.717, 1.165) is 16.5 Å². The minimum atomic E-state index is -0.502. The number of fused-ring (bicyclic) bond motifs is 2. The number of aromatic hydroxyl groups is 1. The van der Waals surface area contributed by atoms with Gasteiger partial charge >= 0.3 is 0 Å². The maximum absolute atomic E-state index is 13.0. The van der Waals surface area contributed by atoms with Gasteiger partial charge in [0.25, 0.3) is 5.91 Å². The lowest BCUT2D eigenvalue weighted by molar-refractivity contribution is 0.0996. The third-order valence-corrected chi connectivity index (χ3v) is 5.74. The summed E-state index contributed by atoms with van der Waals surface area (Å²) in [4.78, 5) is 15.9. The Balaban J connectivity index is 1.50. The Hall–Kier alpha value is -4.10. The highest BCUT2D eigenvalue weighted by Gasteiger charge is 2.17. The number of methoxy groups -OCH3 is 1. The van der Waals surface area contributed by atoms with Crippen LogP contribution in [-0.2, 0) is 6.54 Å². The number of aromatic amines is 1. The lowest BCUT2D eigenvalue weighted by Crippen LogP contribution is -1.98. The van der Waals surface area contributed by atoms with E-state index in [4.69, 9.17) is 16.3 Å². The van der Waals surface area contributed by atoms with Crippen molar-refractivity contribution in [3.05, 3.63) is 89.1 Å². The SMILES string of the molecule is COc1ccc2[nH]c(O)c(N=NC(=O)c3cn(Cc4ccc(Cl)cc4)c4ccccc34)c2c1. The quantitative estimate of drug-likeness (QED) is 0.296. The number of azo groups is 1. The summed E-state index contributed by atoms with van der Waals surface area (Å²) < 4.78 is 7.24. The summed E-state index contributed by atoms with van der Waals surface area (Å²) in [5.41, 5.74) is 3.24. The van der Waals surface area contributed by atoms with Crippen LogP contribution in [0.25, 0.3) is 21.8 Å². The van der Waals surface area contributed by atoms with Gasteiger partial charge in [0.2, 0.25) is 5.88 Å². The number of carbonyl (C=O) groups is 1. The Kier molecular flexibility index (Phi) is 5.32. The predicted octanol–water partition coefficient (Wildman–Crippen LogP) is 6.46. The number of ether oxygens (including phenoxy) is 1. The van der Waals surface area contributed by atoms with E-state index in [0.29, 0.717) is 33.8 Å². The molecule has 2 heterocycles. The molecule has 0 unspecified atom stereocenters. The van der Waals surface area contributed by atoms with E-state index in [-0.39, 0.29) is 11.6 Å². The number of halogens is 1. The molecular weight excluding hydrogens is 440 g/mol. The molecule has 1 amide bonds. The van der Waals surface area contributed by atoms with Gasteiger partial charge in [-0.25, -0.2) is 0 Å². The van der Waals surface area contributed by atoms with E-state index in [1.807, 2.05) is 53.1 Å².